The lowest BCUT2D eigenvalue weighted by molar-refractivity contribution is 0.169. The van der Waals surface area contributed by atoms with Gasteiger partial charge in [0.05, 0.1) is 18.1 Å². The first kappa shape index (κ1) is 18.5. The average Bonchev–Trinajstić information content (AvgIpc) is 3.03. The van der Waals surface area contributed by atoms with Crippen LogP contribution < -0.4 is 9.64 Å². The molecule has 1 aromatic carbocycles. The van der Waals surface area contributed by atoms with E-state index in [-0.39, 0.29) is 6.10 Å². The van der Waals surface area contributed by atoms with Crippen LogP contribution in [0.3, 0.4) is 0 Å². The molecule has 3 heterocycles. The van der Waals surface area contributed by atoms with Crippen LogP contribution in [0.2, 0.25) is 0 Å². The van der Waals surface area contributed by atoms with Crippen molar-refractivity contribution >= 4 is 5.82 Å². The van der Waals surface area contributed by atoms with Gasteiger partial charge in [-0.05, 0) is 51.0 Å². The molecular formula is C22H27N5O. The summed E-state index contributed by atoms with van der Waals surface area (Å²) < 4.78 is 8.14. The number of benzene rings is 1. The van der Waals surface area contributed by atoms with E-state index in [1.807, 2.05) is 30.8 Å². The molecule has 0 bridgehead atoms. The molecule has 146 valence electrons. The fourth-order valence-electron chi connectivity index (χ4n) is 3.68. The fourth-order valence-corrected chi connectivity index (χ4v) is 3.68. The van der Waals surface area contributed by atoms with Gasteiger partial charge >= 0.3 is 0 Å². The number of ether oxygens (including phenoxy) is 1. The smallest absolute Gasteiger partial charge is 0.174 e. The molecule has 0 aliphatic carbocycles. The van der Waals surface area contributed by atoms with E-state index < -0.39 is 0 Å². The monoisotopic (exact) mass is 377 g/mol. The number of nitrogens with zero attached hydrogens (tertiary/aromatic N) is 5. The highest BCUT2D eigenvalue weighted by Crippen LogP contribution is 2.25. The Kier molecular flexibility index (Phi) is 5.03. The number of rotatable bonds is 4. The summed E-state index contributed by atoms with van der Waals surface area (Å²) in [5, 5.41) is 4.52. The van der Waals surface area contributed by atoms with Gasteiger partial charge in [-0.2, -0.15) is 5.10 Å². The SMILES string of the molecule is Cc1ccc(C)c(OC2CCN(c3cncc(-n4nc(C)cc4C)n3)CC2)c1. The van der Waals surface area contributed by atoms with Crippen LogP contribution in [0.5, 0.6) is 5.75 Å². The second-order valence-electron chi connectivity index (χ2n) is 7.65. The highest BCUT2D eigenvalue weighted by Gasteiger charge is 2.22. The summed E-state index contributed by atoms with van der Waals surface area (Å²) in [5.41, 5.74) is 4.46. The van der Waals surface area contributed by atoms with Gasteiger partial charge in [0.2, 0.25) is 0 Å². The molecule has 1 aliphatic rings. The van der Waals surface area contributed by atoms with Crippen molar-refractivity contribution in [2.75, 3.05) is 18.0 Å². The van der Waals surface area contributed by atoms with Crippen LogP contribution >= 0.6 is 0 Å². The molecule has 4 rings (SSSR count). The third-order valence-corrected chi connectivity index (χ3v) is 5.24. The quantitative estimate of drug-likeness (QED) is 0.689. The second-order valence-corrected chi connectivity index (χ2v) is 7.65. The Bertz CT molecular complexity index is 973. The molecule has 0 atom stereocenters. The summed E-state index contributed by atoms with van der Waals surface area (Å²) in [5.74, 6) is 2.66. The van der Waals surface area contributed by atoms with Crippen molar-refractivity contribution in [2.45, 2.75) is 46.6 Å². The van der Waals surface area contributed by atoms with Gasteiger partial charge in [-0.3, -0.25) is 4.98 Å². The Morgan fingerprint density at radius 1 is 0.964 bits per heavy atom. The van der Waals surface area contributed by atoms with Crippen molar-refractivity contribution in [2.24, 2.45) is 0 Å². The first-order valence-corrected chi connectivity index (χ1v) is 9.84. The lowest BCUT2D eigenvalue weighted by Gasteiger charge is -2.33. The molecule has 3 aromatic rings. The lowest BCUT2D eigenvalue weighted by atomic mass is 10.1. The van der Waals surface area contributed by atoms with E-state index in [2.05, 4.69) is 47.0 Å². The summed E-state index contributed by atoms with van der Waals surface area (Å²) in [6.07, 6.45) is 5.78. The molecule has 0 unspecified atom stereocenters. The van der Waals surface area contributed by atoms with Crippen molar-refractivity contribution in [3.05, 3.63) is 59.2 Å². The minimum atomic E-state index is 0.240. The molecule has 0 spiro atoms. The average molecular weight is 377 g/mol. The van der Waals surface area contributed by atoms with Crippen LogP contribution in [-0.4, -0.2) is 38.9 Å². The maximum atomic E-state index is 6.29. The molecule has 0 radical (unpaired) electrons. The van der Waals surface area contributed by atoms with Gasteiger partial charge in [-0.1, -0.05) is 12.1 Å². The van der Waals surface area contributed by atoms with E-state index in [9.17, 15) is 0 Å². The van der Waals surface area contributed by atoms with E-state index in [1.165, 1.54) is 11.1 Å². The highest BCUT2D eigenvalue weighted by molar-refractivity contribution is 5.41. The predicted octanol–water partition coefficient (Wildman–Crippen LogP) is 3.94. The highest BCUT2D eigenvalue weighted by atomic mass is 16.5. The number of aromatic nitrogens is 4. The Labute approximate surface area is 166 Å². The van der Waals surface area contributed by atoms with Crippen molar-refractivity contribution in [1.29, 1.82) is 0 Å². The largest absolute Gasteiger partial charge is 0.490 e. The molecule has 1 saturated heterocycles. The van der Waals surface area contributed by atoms with Crippen LogP contribution in [0.4, 0.5) is 5.82 Å². The fraction of sp³-hybridized carbons (Fsp3) is 0.409. The van der Waals surface area contributed by atoms with E-state index in [0.717, 1.165) is 54.7 Å². The number of piperidine rings is 1. The summed E-state index contributed by atoms with van der Waals surface area (Å²) in [6, 6.07) is 8.43. The van der Waals surface area contributed by atoms with Crippen molar-refractivity contribution < 1.29 is 4.74 Å². The Hall–Kier alpha value is -2.89. The van der Waals surface area contributed by atoms with Gasteiger partial charge in [0.25, 0.3) is 0 Å². The third kappa shape index (κ3) is 3.86. The van der Waals surface area contributed by atoms with Gasteiger partial charge in [0, 0.05) is 31.6 Å². The van der Waals surface area contributed by atoms with Crippen molar-refractivity contribution in [1.82, 2.24) is 19.7 Å². The Balaban J connectivity index is 1.43. The van der Waals surface area contributed by atoms with Crippen LogP contribution in [0, 0.1) is 27.7 Å². The maximum absolute atomic E-state index is 6.29. The summed E-state index contributed by atoms with van der Waals surface area (Å²) in [4.78, 5) is 11.5. The molecule has 0 amide bonds. The van der Waals surface area contributed by atoms with Crippen LogP contribution in [0.25, 0.3) is 5.82 Å². The molecule has 0 N–H and O–H groups in total. The molecule has 2 aromatic heterocycles. The molecule has 1 fully saturated rings. The van der Waals surface area contributed by atoms with E-state index in [4.69, 9.17) is 9.72 Å². The maximum Gasteiger partial charge on any atom is 0.174 e. The summed E-state index contributed by atoms with van der Waals surface area (Å²) >= 11 is 0. The summed E-state index contributed by atoms with van der Waals surface area (Å²) in [6.45, 7) is 10.0. The van der Waals surface area contributed by atoms with Crippen LogP contribution in [0.1, 0.15) is 35.4 Å². The normalized spacial score (nSPS) is 15.1. The first-order valence-electron chi connectivity index (χ1n) is 9.84. The van der Waals surface area contributed by atoms with Gasteiger partial charge in [-0.15, -0.1) is 0 Å². The van der Waals surface area contributed by atoms with Gasteiger partial charge in [0.1, 0.15) is 17.7 Å². The lowest BCUT2D eigenvalue weighted by Crippen LogP contribution is -2.39. The van der Waals surface area contributed by atoms with Gasteiger partial charge in [0.15, 0.2) is 5.82 Å². The zero-order valence-corrected chi connectivity index (χ0v) is 17.0. The predicted molar refractivity (Wildman–Crippen MR) is 110 cm³/mol. The van der Waals surface area contributed by atoms with E-state index in [0.29, 0.717) is 0 Å². The zero-order chi connectivity index (χ0) is 19.7. The van der Waals surface area contributed by atoms with Crippen LogP contribution in [-0.2, 0) is 0 Å². The molecule has 28 heavy (non-hydrogen) atoms. The number of hydrogen-bond acceptors (Lipinski definition) is 5. The molecule has 1 aliphatic heterocycles. The number of hydrogen-bond donors (Lipinski definition) is 0. The van der Waals surface area contributed by atoms with Gasteiger partial charge < -0.3 is 9.64 Å². The number of anilines is 1. The third-order valence-electron chi connectivity index (χ3n) is 5.24. The van der Waals surface area contributed by atoms with Gasteiger partial charge in [-0.25, -0.2) is 9.67 Å². The molecule has 6 nitrogen and oxygen atoms in total. The first-order chi connectivity index (χ1) is 13.5. The standard InChI is InChI=1S/C22H27N5O/c1-15-5-6-16(2)20(11-15)28-19-7-9-26(10-8-19)21-13-23-14-22(24-21)27-18(4)12-17(3)25-27/h5-6,11-14,19H,7-10H2,1-4H3. The number of aryl methyl sites for hydroxylation is 4. The van der Waals surface area contributed by atoms with Crippen molar-refractivity contribution in [3.63, 3.8) is 0 Å². The minimum Gasteiger partial charge on any atom is -0.490 e. The Morgan fingerprint density at radius 3 is 2.43 bits per heavy atom. The molecule has 0 saturated carbocycles. The van der Waals surface area contributed by atoms with E-state index in [1.54, 1.807) is 6.20 Å². The zero-order valence-electron chi connectivity index (χ0n) is 17.0. The second kappa shape index (κ2) is 7.62. The van der Waals surface area contributed by atoms with Crippen LogP contribution in [0.15, 0.2) is 36.7 Å². The van der Waals surface area contributed by atoms with E-state index >= 15 is 0 Å². The molecule has 6 heteroatoms. The van der Waals surface area contributed by atoms with Crippen molar-refractivity contribution in [3.8, 4) is 11.6 Å². The minimum absolute atomic E-state index is 0.240. The molecular weight excluding hydrogens is 350 g/mol. The Morgan fingerprint density at radius 2 is 1.71 bits per heavy atom. The topological polar surface area (TPSA) is 56.1 Å². The summed E-state index contributed by atoms with van der Waals surface area (Å²) in [7, 11) is 0.